The van der Waals surface area contributed by atoms with E-state index < -0.39 is 21.9 Å². The van der Waals surface area contributed by atoms with Crippen molar-refractivity contribution in [3.8, 4) is 6.07 Å². The molecule has 104 valence electrons. The van der Waals surface area contributed by atoms with Gasteiger partial charge in [-0.25, -0.2) is 17.5 Å². The van der Waals surface area contributed by atoms with E-state index in [4.69, 9.17) is 10.4 Å². The van der Waals surface area contributed by atoms with Gasteiger partial charge in [0.05, 0.1) is 16.6 Å². The zero-order chi connectivity index (χ0) is 14.5. The molecule has 0 heterocycles. The number of sulfonamides is 1. The Morgan fingerprint density at radius 3 is 2.79 bits per heavy atom. The van der Waals surface area contributed by atoms with Crippen molar-refractivity contribution in [1.29, 1.82) is 5.26 Å². The number of nitrogens with one attached hydrogen (secondary N) is 1. The Morgan fingerprint density at radius 1 is 1.53 bits per heavy atom. The fourth-order valence-corrected chi connectivity index (χ4v) is 2.54. The molecule has 0 saturated carbocycles. The lowest BCUT2D eigenvalue weighted by molar-refractivity contribution is 0.182. The minimum Gasteiger partial charge on any atom is -0.393 e. The van der Waals surface area contributed by atoms with Crippen molar-refractivity contribution in [1.82, 2.24) is 4.72 Å². The van der Waals surface area contributed by atoms with Crippen LogP contribution in [0.1, 0.15) is 25.3 Å². The van der Waals surface area contributed by atoms with E-state index >= 15 is 0 Å². The molecule has 0 aliphatic heterocycles. The third-order valence-electron chi connectivity index (χ3n) is 2.46. The van der Waals surface area contributed by atoms with Gasteiger partial charge in [-0.3, -0.25) is 0 Å². The molecule has 1 aromatic carbocycles. The van der Waals surface area contributed by atoms with Crippen molar-refractivity contribution in [3.05, 3.63) is 29.6 Å². The van der Waals surface area contributed by atoms with Gasteiger partial charge in [0, 0.05) is 6.54 Å². The summed E-state index contributed by atoms with van der Waals surface area (Å²) in [5, 5.41) is 17.7. The second-order valence-electron chi connectivity index (χ2n) is 4.14. The zero-order valence-corrected chi connectivity index (χ0v) is 11.2. The van der Waals surface area contributed by atoms with Crippen molar-refractivity contribution >= 4 is 10.0 Å². The minimum atomic E-state index is -3.76. The summed E-state index contributed by atoms with van der Waals surface area (Å²) in [5.41, 5.74) is -0.313. The molecule has 0 spiro atoms. The largest absolute Gasteiger partial charge is 0.393 e. The Hall–Kier alpha value is -1.49. The average Bonchev–Trinajstić information content (AvgIpc) is 2.35. The molecule has 0 aliphatic carbocycles. The van der Waals surface area contributed by atoms with Crippen LogP contribution < -0.4 is 4.72 Å². The van der Waals surface area contributed by atoms with Crippen LogP contribution in [0.5, 0.6) is 0 Å². The molecule has 1 aromatic rings. The van der Waals surface area contributed by atoms with Gasteiger partial charge in [0.1, 0.15) is 11.9 Å². The predicted octanol–water partition coefficient (Wildman–Crippen LogP) is 1.14. The quantitative estimate of drug-likeness (QED) is 0.767. The number of hydrogen-bond donors (Lipinski definition) is 2. The lowest BCUT2D eigenvalue weighted by atomic mass is 10.2. The number of nitriles is 1. The summed E-state index contributed by atoms with van der Waals surface area (Å²) in [4.78, 5) is -0.150. The number of hydrogen-bond acceptors (Lipinski definition) is 4. The van der Waals surface area contributed by atoms with Gasteiger partial charge in [-0.05, 0) is 38.0 Å². The van der Waals surface area contributed by atoms with Gasteiger partial charge < -0.3 is 5.11 Å². The van der Waals surface area contributed by atoms with Gasteiger partial charge in [-0.1, -0.05) is 0 Å². The van der Waals surface area contributed by atoms with E-state index in [1.165, 1.54) is 0 Å². The molecule has 19 heavy (non-hydrogen) atoms. The first-order valence-corrected chi connectivity index (χ1v) is 7.22. The number of rotatable bonds is 6. The average molecular weight is 286 g/mol. The molecule has 0 aliphatic rings. The van der Waals surface area contributed by atoms with Gasteiger partial charge in [0.25, 0.3) is 0 Å². The first-order valence-electron chi connectivity index (χ1n) is 5.74. The van der Waals surface area contributed by atoms with Crippen LogP contribution in [0, 0.1) is 17.1 Å². The third-order valence-corrected chi connectivity index (χ3v) is 3.92. The molecule has 5 nitrogen and oxygen atoms in total. The van der Waals surface area contributed by atoms with E-state index in [0.717, 1.165) is 18.2 Å². The predicted molar refractivity (Wildman–Crippen MR) is 67.2 cm³/mol. The maximum absolute atomic E-state index is 13.1. The fourth-order valence-electron chi connectivity index (χ4n) is 1.44. The number of aliphatic hydroxyl groups is 1. The molecule has 7 heteroatoms. The van der Waals surface area contributed by atoms with Crippen molar-refractivity contribution in [3.63, 3.8) is 0 Å². The molecule has 1 rings (SSSR count). The van der Waals surface area contributed by atoms with Gasteiger partial charge >= 0.3 is 0 Å². The fraction of sp³-hybridized carbons (Fsp3) is 0.417. The van der Waals surface area contributed by atoms with Crippen LogP contribution in [-0.2, 0) is 10.0 Å². The summed E-state index contributed by atoms with van der Waals surface area (Å²) < 4.78 is 39.1. The van der Waals surface area contributed by atoms with E-state index in [1.54, 1.807) is 13.0 Å². The van der Waals surface area contributed by atoms with Crippen LogP contribution in [-0.4, -0.2) is 26.2 Å². The summed E-state index contributed by atoms with van der Waals surface area (Å²) in [6.07, 6.45) is 0.485. The highest BCUT2D eigenvalue weighted by molar-refractivity contribution is 7.89. The maximum Gasteiger partial charge on any atom is 0.240 e. The molecule has 0 radical (unpaired) electrons. The molecular weight excluding hydrogens is 271 g/mol. The first kappa shape index (κ1) is 15.6. The highest BCUT2D eigenvalue weighted by atomic mass is 32.2. The van der Waals surface area contributed by atoms with E-state index in [9.17, 15) is 12.8 Å². The van der Waals surface area contributed by atoms with Crippen molar-refractivity contribution in [2.45, 2.75) is 30.8 Å². The van der Waals surface area contributed by atoms with Crippen LogP contribution in [0.3, 0.4) is 0 Å². The Morgan fingerprint density at radius 2 is 2.21 bits per heavy atom. The molecule has 0 amide bonds. The van der Waals surface area contributed by atoms with E-state index in [0.29, 0.717) is 12.8 Å². The molecule has 1 unspecified atom stereocenters. The second kappa shape index (κ2) is 6.61. The molecule has 0 saturated heterocycles. The summed E-state index contributed by atoms with van der Waals surface area (Å²) in [6, 6.07) is 4.63. The van der Waals surface area contributed by atoms with Crippen LogP contribution in [0.2, 0.25) is 0 Å². The first-order chi connectivity index (χ1) is 8.86. The number of nitrogens with zero attached hydrogens (tertiary/aromatic N) is 1. The molecule has 2 N–H and O–H groups in total. The Kier molecular flexibility index (Phi) is 5.42. The van der Waals surface area contributed by atoms with E-state index in [2.05, 4.69) is 4.72 Å². The maximum atomic E-state index is 13.1. The Balaban J connectivity index is 2.75. The van der Waals surface area contributed by atoms with Gasteiger partial charge in [-0.15, -0.1) is 0 Å². The van der Waals surface area contributed by atoms with E-state index in [-0.39, 0.29) is 17.0 Å². The normalized spacial score (nSPS) is 12.9. The van der Waals surface area contributed by atoms with Crippen molar-refractivity contribution < 1.29 is 17.9 Å². The SMILES string of the molecule is CC(O)CCCNS(=O)(=O)c1ccc(F)c(C#N)c1. The van der Waals surface area contributed by atoms with Gasteiger partial charge in [0.2, 0.25) is 10.0 Å². The monoisotopic (exact) mass is 286 g/mol. The summed E-state index contributed by atoms with van der Waals surface area (Å²) in [6.45, 7) is 1.79. The molecule has 1 atom stereocenters. The number of aliphatic hydroxyl groups excluding tert-OH is 1. The van der Waals surface area contributed by atoms with Crippen LogP contribution >= 0.6 is 0 Å². The van der Waals surface area contributed by atoms with Crippen LogP contribution in [0.25, 0.3) is 0 Å². The van der Waals surface area contributed by atoms with Crippen molar-refractivity contribution in [2.75, 3.05) is 6.54 Å². The van der Waals surface area contributed by atoms with E-state index in [1.807, 2.05) is 0 Å². The Bertz CT molecular complexity index is 579. The topological polar surface area (TPSA) is 90.2 Å². The zero-order valence-electron chi connectivity index (χ0n) is 10.4. The number of halogens is 1. The lowest BCUT2D eigenvalue weighted by Crippen LogP contribution is -2.25. The lowest BCUT2D eigenvalue weighted by Gasteiger charge is -2.08. The minimum absolute atomic E-state index is 0.150. The standard InChI is InChI=1S/C12H15FN2O3S/c1-9(16)3-2-6-15-19(17,18)11-4-5-12(13)10(7-11)8-14/h4-5,7,9,15-16H,2-3,6H2,1H3. The summed E-state index contributed by atoms with van der Waals surface area (Å²) in [7, 11) is -3.76. The molecule has 0 aromatic heterocycles. The molecule has 0 fully saturated rings. The smallest absolute Gasteiger partial charge is 0.240 e. The van der Waals surface area contributed by atoms with Gasteiger partial charge in [-0.2, -0.15) is 5.26 Å². The highest BCUT2D eigenvalue weighted by Gasteiger charge is 2.15. The molecular formula is C12H15FN2O3S. The molecule has 0 bridgehead atoms. The Labute approximate surface area is 111 Å². The summed E-state index contributed by atoms with van der Waals surface area (Å²) >= 11 is 0. The number of benzene rings is 1. The third kappa shape index (κ3) is 4.59. The van der Waals surface area contributed by atoms with Crippen molar-refractivity contribution in [2.24, 2.45) is 0 Å². The second-order valence-corrected chi connectivity index (χ2v) is 5.91. The summed E-state index contributed by atoms with van der Waals surface area (Å²) in [5.74, 6) is -0.754. The van der Waals surface area contributed by atoms with Crippen LogP contribution in [0.15, 0.2) is 23.1 Å². The highest BCUT2D eigenvalue weighted by Crippen LogP contribution is 2.14. The van der Waals surface area contributed by atoms with Crippen LogP contribution in [0.4, 0.5) is 4.39 Å². The van der Waals surface area contributed by atoms with Gasteiger partial charge in [0.15, 0.2) is 0 Å².